The molecule has 1 fully saturated rings. The molecule has 4 nitrogen and oxygen atoms in total. The van der Waals surface area contributed by atoms with E-state index >= 15 is 0 Å². The van der Waals surface area contributed by atoms with Crippen LogP contribution in [-0.2, 0) is 0 Å². The number of carbonyl (C=O) groups excluding carboxylic acids is 1. The van der Waals surface area contributed by atoms with Gasteiger partial charge in [-0.2, -0.15) is 0 Å². The van der Waals surface area contributed by atoms with Gasteiger partial charge in [0, 0.05) is 49.7 Å². The maximum Gasteiger partial charge on any atom is 0.254 e. The highest BCUT2D eigenvalue weighted by Gasteiger charge is 2.32. The Morgan fingerprint density at radius 2 is 1.96 bits per heavy atom. The molecule has 1 saturated heterocycles. The van der Waals surface area contributed by atoms with Gasteiger partial charge in [-0.15, -0.1) is 0 Å². The molecule has 0 unspecified atom stereocenters. The summed E-state index contributed by atoms with van der Waals surface area (Å²) in [6.07, 6.45) is 4.39. The number of likely N-dealkylation sites (N-methyl/N-ethyl adjacent to an activating group) is 1. The number of amides is 1. The molecule has 24 heavy (non-hydrogen) atoms. The third kappa shape index (κ3) is 3.49. The van der Waals surface area contributed by atoms with E-state index in [2.05, 4.69) is 54.1 Å². The molecule has 126 valence electrons. The predicted molar refractivity (Wildman–Crippen MR) is 95.8 cm³/mol. The molecule has 0 spiro atoms. The van der Waals surface area contributed by atoms with Crippen molar-refractivity contribution in [2.45, 2.75) is 32.4 Å². The van der Waals surface area contributed by atoms with Crippen molar-refractivity contribution < 1.29 is 4.79 Å². The average Bonchev–Trinajstić information content (AvgIpc) is 3.13. The lowest BCUT2D eigenvalue weighted by molar-refractivity contribution is 0.0689. The van der Waals surface area contributed by atoms with Crippen LogP contribution >= 0.6 is 0 Å². The predicted octanol–water partition coefficient (Wildman–Crippen LogP) is 3.38. The zero-order valence-corrected chi connectivity index (χ0v) is 14.4. The standard InChI is InChI=1S/C20H25N3O/c1-3-23(20(24)18-9-12-21-13-10-18)19-11-14-22(15-19)16(2)17-7-5-4-6-8-17/h4-10,12-13,16,19H,3,11,14-15H2,1-2H3/t16-,19-/m1/s1. The fourth-order valence-electron chi connectivity index (χ4n) is 3.54. The monoisotopic (exact) mass is 323 g/mol. The number of nitrogens with zero attached hydrogens (tertiary/aromatic N) is 3. The highest BCUT2D eigenvalue weighted by Crippen LogP contribution is 2.27. The number of rotatable bonds is 5. The van der Waals surface area contributed by atoms with Gasteiger partial charge in [0.2, 0.25) is 0 Å². The minimum atomic E-state index is 0.110. The lowest BCUT2D eigenvalue weighted by Gasteiger charge is -2.30. The molecule has 1 aromatic carbocycles. The van der Waals surface area contributed by atoms with Gasteiger partial charge in [0.25, 0.3) is 5.91 Å². The van der Waals surface area contributed by atoms with Crippen LogP contribution in [0.5, 0.6) is 0 Å². The van der Waals surface area contributed by atoms with Crippen LogP contribution in [0.4, 0.5) is 0 Å². The molecule has 1 aliphatic heterocycles. The Kier molecular flexibility index (Phi) is 5.26. The molecule has 1 amide bonds. The van der Waals surface area contributed by atoms with Crippen molar-refractivity contribution in [2.75, 3.05) is 19.6 Å². The molecule has 2 aromatic rings. The Hall–Kier alpha value is -2.20. The van der Waals surface area contributed by atoms with Crippen LogP contribution in [-0.4, -0.2) is 46.4 Å². The van der Waals surface area contributed by atoms with Crippen LogP contribution in [0.2, 0.25) is 0 Å². The summed E-state index contributed by atoms with van der Waals surface area (Å²) in [5, 5.41) is 0. The number of hydrogen-bond donors (Lipinski definition) is 0. The smallest absolute Gasteiger partial charge is 0.254 e. The van der Waals surface area contributed by atoms with Gasteiger partial charge >= 0.3 is 0 Å². The number of hydrogen-bond acceptors (Lipinski definition) is 3. The second kappa shape index (κ2) is 7.58. The summed E-state index contributed by atoms with van der Waals surface area (Å²) in [5.41, 5.74) is 2.06. The maximum absolute atomic E-state index is 12.8. The number of pyridine rings is 1. The fourth-order valence-corrected chi connectivity index (χ4v) is 3.54. The van der Waals surface area contributed by atoms with Crippen LogP contribution in [0.3, 0.4) is 0 Å². The van der Waals surface area contributed by atoms with Crippen molar-refractivity contribution in [1.82, 2.24) is 14.8 Å². The zero-order valence-electron chi connectivity index (χ0n) is 14.4. The molecule has 2 heterocycles. The Labute approximate surface area is 144 Å². The molecule has 0 aliphatic carbocycles. The third-order valence-electron chi connectivity index (χ3n) is 4.99. The molecule has 2 atom stereocenters. The summed E-state index contributed by atoms with van der Waals surface area (Å²) in [4.78, 5) is 21.3. The van der Waals surface area contributed by atoms with Gasteiger partial charge in [-0.25, -0.2) is 0 Å². The van der Waals surface area contributed by atoms with Crippen molar-refractivity contribution in [3.63, 3.8) is 0 Å². The first-order valence-electron chi connectivity index (χ1n) is 8.70. The Balaban J connectivity index is 1.68. The van der Waals surface area contributed by atoms with Crippen LogP contribution in [0.25, 0.3) is 0 Å². The Bertz CT molecular complexity index is 659. The van der Waals surface area contributed by atoms with Crippen LogP contribution in [0.15, 0.2) is 54.9 Å². The van der Waals surface area contributed by atoms with E-state index in [0.29, 0.717) is 6.04 Å². The summed E-state index contributed by atoms with van der Waals surface area (Å²) in [6.45, 7) is 7.00. The molecular formula is C20H25N3O. The molecular weight excluding hydrogens is 298 g/mol. The lowest BCUT2D eigenvalue weighted by atomic mass is 10.1. The summed E-state index contributed by atoms with van der Waals surface area (Å²) in [7, 11) is 0. The SMILES string of the molecule is CCN(C(=O)c1ccncc1)[C@@H]1CCN([C@H](C)c2ccccc2)C1. The van der Waals surface area contributed by atoms with E-state index in [1.165, 1.54) is 5.56 Å². The molecule has 0 N–H and O–H groups in total. The van der Waals surface area contributed by atoms with Gasteiger partial charge in [-0.05, 0) is 38.0 Å². The van der Waals surface area contributed by atoms with E-state index in [9.17, 15) is 4.79 Å². The van der Waals surface area contributed by atoms with Crippen molar-refractivity contribution in [1.29, 1.82) is 0 Å². The molecule has 3 rings (SSSR count). The Morgan fingerprint density at radius 3 is 2.62 bits per heavy atom. The van der Waals surface area contributed by atoms with Gasteiger partial charge in [-0.1, -0.05) is 30.3 Å². The van der Waals surface area contributed by atoms with Gasteiger partial charge < -0.3 is 4.90 Å². The minimum Gasteiger partial charge on any atom is -0.335 e. The first-order chi connectivity index (χ1) is 11.7. The normalized spacial score (nSPS) is 19.2. The second-order valence-electron chi connectivity index (χ2n) is 6.35. The molecule has 4 heteroatoms. The van der Waals surface area contributed by atoms with E-state index < -0.39 is 0 Å². The van der Waals surface area contributed by atoms with E-state index in [1.54, 1.807) is 24.5 Å². The number of carbonyl (C=O) groups is 1. The highest BCUT2D eigenvalue weighted by molar-refractivity contribution is 5.94. The fraction of sp³-hybridized carbons (Fsp3) is 0.400. The second-order valence-corrected chi connectivity index (χ2v) is 6.35. The largest absolute Gasteiger partial charge is 0.335 e. The zero-order chi connectivity index (χ0) is 16.9. The Morgan fingerprint density at radius 1 is 1.25 bits per heavy atom. The van der Waals surface area contributed by atoms with Crippen molar-refractivity contribution in [3.8, 4) is 0 Å². The summed E-state index contributed by atoms with van der Waals surface area (Å²) in [6, 6.07) is 14.8. The van der Waals surface area contributed by atoms with Gasteiger partial charge in [0.15, 0.2) is 0 Å². The van der Waals surface area contributed by atoms with Crippen LogP contribution in [0, 0.1) is 0 Å². The van der Waals surface area contributed by atoms with Gasteiger partial charge in [0.1, 0.15) is 0 Å². The van der Waals surface area contributed by atoms with E-state index in [1.807, 2.05) is 4.90 Å². The first kappa shape index (κ1) is 16.7. The van der Waals surface area contributed by atoms with Gasteiger partial charge in [-0.3, -0.25) is 14.7 Å². The molecule has 0 bridgehead atoms. The first-order valence-corrected chi connectivity index (χ1v) is 8.70. The van der Waals surface area contributed by atoms with Crippen molar-refractivity contribution >= 4 is 5.91 Å². The summed E-state index contributed by atoms with van der Waals surface area (Å²) < 4.78 is 0. The molecule has 1 aromatic heterocycles. The van der Waals surface area contributed by atoms with E-state index in [4.69, 9.17) is 0 Å². The molecule has 1 aliphatic rings. The average molecular weight is 323 g/mol. The third-order valence-corrected chi connectivity index (χ3v) is 4.99. The maximum atomic E-state index is 12.8. The molecule has 0 radical (unpaired) electrons. The number of benzene rings is 1. The van der Waals surface area contributed by atoms with Crippen LogP contribution in [0.1, 0.15) is 42.2 Å². The lowest BCUT2D eigenvalue weighted by Crippen LogP contribution is -2.42. The summed E-state index contributed by atoms with van der Waals surface area (Å²) >= 11 is 0. The van der Waals surface area contributed by atoms with Crippen LogP contribution < -0.4 is 0 Å². The van der Waals surface area contributed by atoms with Gasteiger partial charge in [0.05, 0.1) is 0 Å². The van der Waals surface area contributed by atoms with Crippen molar-refractivity contribution in [2.24, 2.45) is 0 Å². The topological polar surface area (TPSA) is 36.4 Å². The van der Waals surface area contributed by atoms with E-state index in [0.717, 1.165) is 31.6 Å². The van der Waals surface area contributed by atoms with E-state index in [-0.39, 0.29) is 11.9 Å². The van der Waals surface area contributed by atoms with Crippen molar-refractivity contribution in [3.05, 3.63) is 66.0 Å². The highest BCUT2D eigenvalue weighted by atomic mass is 16.2. The number of likely N-dealkylation sites (tertiary alicyclic amines) is 1. The number of aromatic nitrogens is 1. The molecule has 0 saturated carbocycles. The summed E-state index contributed by atoms with van der Waals surface area (Å²) in [5.74, 6) is 0.110. The quantitative estimate of drug-likeness (QED) is 0.846. The minimum absolute atomic E-state index is 0.110.